The summed E-state index contributed by atoms with van der Waals surface area (Å²) in [6, 6.07) is 14.1. The zero-order valence-corrected chi connectivity index (χ0v) is 19.6. The van der Waals surface area contributed by atoms with Crippen LogP contribution in [0.5, 0.6) is 0 Å². The van der Waals surface area contributed by atoms with Gasteiger partial charge in [0.2, 0.25) is 0 Å². The fraction of sp³-hybridized carbons (Fsp3) is 0.462. The average molecular weight is 483 g/mol. The van der Waals surface area contributed by atoms with Crippen molar-refractivity contribution in [1.29, 1.82) is 5.26 Å². The van der Waals surface area contributed by atoms with Gasteiger partial charge in [-0.3, -0.25) is 4.90 Å². The van der Waals surface area contributed by atoms with Crippen LogP contribution in [0.1, 0.15) is 36.8 Å². The first-order valence-corrected chi connectivity index (χ1v) is 12.2. The number of aliphatic hydroxyl groups is 1. The molecule has 3 fully saturated rings. The molecule has 2 aliphatic carbocycles. The fourth-order valence-electron chi connectivity index (χ4n) is 5.93. The van der Waals surface area contributed by atoms with Crippen LogP contribution in [0.4, 0.5) is 14.9 Å². The van der Waals surface area contributed by atoms with Gasteiger partial charge in [0.15, 0.2) is 0 Å². The molecule has 2 aromatic rings. The number of hydrogen-bond acceptors (Lipinski definition) is 4. The highest BCUT2D eigenvalue weighted by Crippen LogP contribution is 2.65. The molecule has 2 N–H and O–H groups in total. The molecule has 2 aromatic carbocycles. The number of urea groups is 1. The Morgan fingerprint density at radius 1 is 1.32 bits per heavy atom. The molecule has 1 saturated heterocycles. The first-order valence-electron chi connectivity index (χ1n) is 11.8. The van der Waals surface area contributed by atoms with Gasteiger partial charge < -0.3 is 15.3 Å². The Bertz CT molecular complexity index is 1140. The van der Waals surface area contributed by atoms with Gasteiger partial charge in [-0.15, -0.1) is 0 Å². The van der Waals surface area contributed by atoms with E-state index in [1.54, 1.807) is 0 Å². The first kappa shape index (κ1) is 23.1. The molecule has 34 heavy (non-hydrogen) atoms. The second-order valence-electron chi connectivity index (χ2n) is 9.76. The summed E-state index contributed by atoms with van der Waals surface area (Å²) < 4.78 is 13.6. The van der Waals surface area contributed by atoms with Crippen LogP contribution in [0.15, 0.2) is 42.5 Å². The molecule has 8 heteroatoms. The molecule has 1 heterocycles. The van der Waals surface area contributed by atoms with Crippen LogP contribution >= 0.6 is 11.6 Å². The molecule has 3 aliphatic rings. The summed E-state index contributed by atoms with van der Waals surface area (Å²) >= 11 is 5.91. The molecular formula is C26H28ClFN4O2. The standard InChI is InChI=1S/C26H28ClFN4O2/c27-22-13-19(4-5-23(22)28)30-25(34)32(11-10-31-9-7-20(33)16-31)24-6-8-26(14-21(24)26)18-3-1-2-17(12-18)15-29/h1-5,12-13,20-21,24,33H,6-11,14,16H2,(H,30,34)/t20-,21+,24?,26+/m1/s1. The number of fused-ring (bicyclic) bond motifs is 1. The number of likely N-dealkylation sites (tertiary alicyclic amines) is 1. The van der Waals surface area contributed by atoms with E-state index < -0.39 is 5.82 Å². The zero-order valence-electron chi connectivity index (χ0n) is 18.9. The SMILES string of the molecule is N#Cc1cccc([C@@]23CCC(N(CCN4CC[C@@H](O)C4)C(=O)Nc4ccc(F)c(Cl)c4)[C@@H]2C3)c1. The number of amides is 2. The van der Waals surface area contributed by atoms with E-state index in [1.807, 2.05) is 23.1 Å². The highest BCUT2D eigenvalue weighted by atomic mass is 35.5. The van der Waals surface area contributed by atoms with Crippen molar-refractivity contribution in [2.75, 3.05) is 31.5 Å². The lowest BCUT2D eigenvalue weighted by Crippen LogP contribution is -2.47. The lowest BCUT2D eigenvalue weighted by Gasteiger charge is -2.32. The number of halogens is 2. The van der Waals surface area contributed by atoms with Gasteiger partial charge in [0.1, 0.15) is 5.82 Å². The lowest BCUT2D eigenvalue weighted by molar-refractivity contribution is 0.154. The van der Waals surface area contributed by atoms with E-state index in [2.05, 4.69) is 22.4 Å². The molecule has 0 aromatic heterocycles. The third-order valence-corrected chi connectivity index (χ3v) is 8.08. The van der Waals surface area contributed by atoms with Crippen molar-refractivity contribution in [2.24, 2.45) is 5.92 Å². The van der Waals surface area contributed by atoms with Crippen molar-refractivity contribution in [3.05, 3.63) is 64.4 Å². The molecule has 0 spiro atoms. The Labute approximate surface area is 203 Å². The predicted molar refractivity (Wildman–Crippen MR) is 128 cm³/mol. The van der Waals surface area contributed by atoms with Gasteiger partial charge in [-0.1, -0.05) is 23.7 Å². The number of nitriles is 1. The molecule has 178 valence electrons. The Hall–Kier alpha value is -2.66. The van der Waals surface area contributed by atoms with Crippen molar-refractivity contribution in [1.82, 2.24) is 9.80 Å². The first-order chi connectivity index (χ1) is 16.4. The largest absolute Gasteiger partial charge is 0.392 e. The van der Waals surface area contributed by atoms with Crippen molar-refractivity contribution in [2.45, 2.75) is 43.2 Å². The van der Waals surface area contributed by atoms with Gasteiger partial charge in [-0.05, 0) is 67.5 Å². The van der Waals surface area contributed by atoms with Gasteiger partial charge in [-0.2, -0.15) is 5.26 Å². The normalized spacial score (nSPS) is 27.8. The van der Waals surface area contributed by atoms with Gasteiger partial charge in [0, 0.05) is 43.3 Å². The summed E-state index contributed by atoms with van der Waals surface area (Å²) in [5, 5.41) is 22.1. The van der Waals surface area contributed by atoms with Crippen LogP contribution in [-0.4, -0.2) is 59.3 Å². The highest BCUT2D eigenvalue weighted by Gasteiger charge is 2.64. The van der Waals surface area contributed by atoms with E-state index >= 15 is 0 Å². The van der Waals surface area contributed by atoms with Crippen LogP contribution in [0.3, 0.4) is 0 Å². The molecule has 1 unspecified atom stereocenters. The van der Waals surface area contributed by atoms with Crippen LogP contribution in [0.25, 0.3) is 0 Å². The summed E-state index contributed by atoms with van der Waals surface area (Å²) in [7, 11) is 0. The third kappa shape index (κ3) is 4.38. The minimum atomic E-state index is -0.526. The number of rotatable bonds is 6. The van der Waals surface area contributed by atoms with E-state index in [-0.39, 0.29) is 28.6 Å². The van der Waals surface area contributed by atoms with Gasteiger partial charge in [0.05, 0.1) is 22.8 Å². The Kier molecular flexibility index (Phi) is 6.24. The van der Waals surface area contributed by atoms with E-state index in [0.717, 1.165) is 32.2 Å². The summed E-state index contributed by atoms with van der Waals surface area (Å²) in [5.41, 5.74) is 2.34. The van der Waals surface area contributed by atoms with E-state index in [1.165, 1.54) is 23.8 Å². The Balaban J connectivity index is 1.34. The summed E-state index contributed by atoms with van der Waals surface area (Å²) in [6.07, 6.45) is 3.32. The second-order valence-corrected chi connectivity index (χ2v) is 10.2. The maximum atomic E-state index is 13.6. The molecular weight excluding hydrogens is 455 g/mol. The summed E-state index contributed by atoms with van der Waals surface area (Å²) in [4.78, 5) is 17.5. The molecule has 6 nitrogen and oxygen atoms in total. The average Bonchev–Trinajstić information content (AvgIpc) is 3.24. The number of β-amino-alcohol motifs (C(OH)–C–C–N with tert-alkyl or cyclic N) is 1. The van der Waals surface area contributed by atoms with Crippen molar-refractivity contribution in [3.8, 4) is 6.07 Å². The van der Waals surface area contributed by atoms with Gasteiger partial charge >= 0.3 is 6.03 Å². The second kappa shape index (κ2) is 9.18. The van der Waals surface area contributed by atoms with Crippen LogP contribution in [-0.2, 0) is 5.41 Å². The predicted octanol–water partition coefficient (Wildman–Crippen LogP) is 4.37. The number of nitrogens with zero attached hydrogens (tertiary/aromatic N) is 3. The van der Waals surface area contributed by atoms with Gasteiger partial charge in [0.25, 0.3) is 0 Å². The quantitative estimate of drug-likeness (QED) is 0.640. The maximum absolute atomic E-state index is 13.6. The summed E-state index contributed by atoms with van der Waals surface area (Å²) in [6.45, 7) is 2.68. The van der Waals surface area contributed by atoms with Crippen molar-refractivity contribution < 1.29 is 14.3 Å². The minimum Gasteiger partial charge on any atom is -0.392 e. The number of anilines is 1. The summed E-state index contributed by atoms with van der Waals surface area (Å²) in [5.74, 6) is -0.185. The molecule has 2 amide bonds. The number of hydrogen-bond donors (Lipinski definition) is 2. The number of nitrogens with one attached hydrogen (secondary N) is 1. The van der Waals surface area contributed by atoms with Crippen LogP contribution < -0.4 is 5.32 Å². The van der Waals surface area contributed by atoms with Gasteiger partial charge in [-0.25, -0.2) is 9.18 Å². The fourth-order valence-corrected chi connectivity index (χ4v) is 6.11. The number of aliphatic hydroxyl groups excluding tert-OH is 1. The number of carbonyl (C=O) groups excluding carboxylic acids is 1. The Morgan fingerprint density at radius 2 is 2.18 bits per heavy atom. The smallest absolute Gasteiger partial charge is 0.322 e. The molecule has 5 rings (SSSR count). The highest BCUT2D eigenvalue weighted by molar-refractivity contribution is 6.31. The van der Waals surface area contributed by atoms with Crippen molar-refractivity contribution in [3.63, 3.8) is 0 Å². The number of benzene rings is 2. The van der Waals surface area contributed by atoms with E-state index in [9.17, 15) is 19.6 Å². The van der Waals surface area contributed by atoms with E-state index in [0.29, 0.717) is 36.8 Å². The zero-order chi connectivity index (χ0) is 23.9. The molecule has 0 radical (unpaired) electrons. The third-order valence-electron chi connectivity index (χ3n) is 7.79. The van der Waals surface area contributed by atoms with Crippen LogP contribution in [0, 0.1) is 23.1 Å². The lowest BCUT2D eigenvalue weighted by atomic mass is 9.92. The minimum absolute atomic E-state index is 0.0269. The van der Waals surface area contributed by atoms with Crippen molar-refractivity contribution >= 4 is 23.3 Å². The van der Waals surface area contributed by atoms with E-state index in [4.69, 9.17) is 11.6 Å². The monoisotopic (exact) mass is 482 g/mol. The molecule has 4 atom stereocenters. The molecule has 0 bridgehead atoms. The Morgan fingerprint density at radius 3 is 2.88 bits per heavy atom. The molecule has 1 aliphatic heterocycles. The number of carbonyl (C=O) groups is 1. The topological polar surface area (TPSA) is 79.6 Å². The maximum Gasteiger partial charge on any atom is 0.322 e. The molecule has 2 saturated carbocycles. The van der Waals surface area contributed by atoms with Crippen LogP contribution in [0.2, 0.25) is 5.02 Å².